The third-order valence-electron chi connectivity index (χ3n) is 5.40. The first kappa shape index (κ1) is 19.9. The van der Waals surface area contributed by atoms with Gasteiger partial charge in [-0.25, -0.2) is 4.39 Å². The van der Waals surface area contributed by atoms with Gasteiger partial charge in [-0.1, -0.05) is 11.2 Å². The molecule has 7 heteroatoms. The lowest BCUT2D eigenvalue weighted by Crippen LogP contribution is -2.48. The second-order valence-electron chi connectivity index (χ2n) is 7.37. The van der Waals surface area contributed by atoms with Crippen molar-refractivity contribution in [1.29, 1.82) is 0 Å². The van der Waals surface area contributed by atoms with Crippen molar-refractivity contribution in [2.75, 3.05) is 31.1 Å². The van der Waals surface area contributed by atoms with Crippen LogP contribution in [0.2, 0.25) is 0 Å². The van der Waals surface area contributed by atoms with Gasteiger partial charge in [-0.2, -0.15) is 0 Å². The molecule has 6 nitrogen and oxygen atoms in total. The molecule has 0 spiro atoms. The van der Waals surface area contributed by atoms with Gasteiger partial charge in [-0.3, -0.25) is 4.79 Å². The maximum Gasteiger partial charge on any atom is 0.254 e. The van der Waals surface area contributed by atoms with Gasteiger partial charge in [0.05, 0.1) is 11.3 Å². The summed E-state index contributed by atoms with van der Waals surface area (Å²) in [6.45, 7) is 6.71. The molecule has 0 aliphatic carbocycles. The summed E-state index contributed by atoms with van der Waals surface area (Å²) >= 11 is 0. The number of hydrogen-bond acceptors (Lipinski definition) is 5. The molecule has 2 aromatic carbocycles. The third kappa shape index (κ3) is 4.30. The summed E-state index contributed by atoms with van der Waals surface area (Å²) in [7, 11) is 0. The quantitative estimate of drug-likeness (QED) is 0.638. The highest BCUT2D eigenvalue weighted by Crippen LogP contribution is 2.21. The van der Waals surface area contributed by atoms with E-state index in [1.807, 2.05) is 30.9 Å². The number of nitrogens with zero attached hydrogens (tertiary/aromatic N) is 3. The highest BCUT2D eigenvalue weighted by Gasteiger charge is 2.22. The lowest BCUT2D eigenvalue weighted by Gasteiger charge is -2.36. The predicted molar refractivity (Wildman–Crippen MR) is 111 cm³/mol. The zero-order chi connectivity index (χ0) is 21.1. The lowest BCUT2D eigenvalue weighted by atomic mass is 10.1. The van der Waals surface area contributed by atoms with Gasteiger partial charge in [0.1, 0.15) is 23.9 Å². The summed E-state index contributed by atoms with van der Waals surface area (Å²) < 4.78 is 24.2. The largest absolute Gasteiger partial charge is 0.489 e. The van der Waals surface area contributed by atoms with Gasteiger partial charge in [0, 0.05) is 37.4 Å². The molecule has 1 aromatic heterocycles. The van der Waals surface area contributed by atoms with E-state index in [1.165, 1.54) is 12.1 Å². The number of aromatic nitrogens is 1. The van der Waals surface area contributed by atoms with Crippen LogP contribution in [0.5, 0.6) is 5.75 Å². The molecule has 30 heavy (non-hydrogen) atoms. The Bertz CT molecular complexity index is 1000. The van der Waals surface area contributed by atoms with Crippen molar-refractivity contribution in [2.45, 2.75) is 20.5 Å². The van der Waals surface area contributed by atoms with Gasteiger partial charge in [0.2, 0.25) is 0 Å². The van der Waals surface area contributed by atoms with Gasteiger partial charge >= 0.3 is 0 Å². The Balaban J connectivity index is 1.37. The fourth-order valence-corrected chi connectivity index (χ4v) is 3.58. The van der Waals surface area contributed by atoms with Crippen molar-refractivity contribution in [2.24, 2.45) is 0 Å². The number of hydrogen-bond donors (Lipinski definition) is 0. The number of halogens is 1. The summed E-state index contributed by atoms with van der Waals surface area (Å²) in [5, 5.41) is 3.93. The minimum absolute atomic E-state index is 0.0171. The van der Waals surface area contributed by atoms with Crippen LogP contribution in [0.4, 0.5) is 10.1 Å². The van der Waals surface area contributed by atoms with Crippen LogP contribution >= 0.6 is 0 Å². The molecule has 4 rings (SSSR count). The molecule has 0 unspecified atom stereocenters. The Kier molecular flexibility index (Phi) is 5.70. The Morgan fingerprint density at radius 3 is 2.50 bits per heavy atom. The van der Waals surface area contributed by atoms with E-state index in [4.69, 9.17) is 9.26 Å². The van der Waals surface area contributed by atoms with E-state index in [1.54, 1.807) is 24.3 Å². The summed E-state index contributed by atoms with van der Waals surface area (Å²) in [4.78, 5) is 17.0. The SMILES string of the molecule is Cc1noc(C)c1COc1cccc(C(=O)N2CCN(c3ccc(F)cc3)CC2)c1. The van der Waals surface area contributed by atoms with Gasteiger partial charge < -0.3 is 19.1 Å². The van der Waals surface area contributed by atoms with Crippen LogP contribution in [-0.4, -0.2) is 42.1 Å². The van der Waals surface area contributed by atoms with Crippen LogP contribution in [0, 0.1) is 19.7 Å². The summed E-state index contributed by atoms with van der Waals surface area (Å²) in [6, 6.07) is 13.7. The average Bonchev–Trinajstić information content (AvgIpc) is 3.10. The number of carbonyl (C=O) groups excluding carboxylic acids is 1. The number of anilines is 1. The molecule has 1 fully saturated rings. The molecule has 0 bridgehead atoms. The number of aryl methyl sites for hydroxylation is 2. The minimum atomic E-state index is -0.246. The zero-order valence-corrected chi connectivity index (χ0v) is 17.1. The monoisotopic (exact) mass is 409 g/mol. The molecule has 1 saturated heterocycles. The third-order valence-corrected chi connectivity index (χ3v) is 5.40. The molecule has 0 atom stereocenters. The Morgan fingerprint density at radius 2 is 1.83 bits per heavy atom. The van der Waals surface area contributed by atoms with Crippen molar-refractivity contribution < 1.29 is 18.4 Å². The number of carbonyl (C=O) groups is 1. The summed E-state index contributed by atoms with van der Waals surface area (Å²) in [5.41, 5.74) is 3.29. The first-order valence-corrected chi connectivity index (χ1v) is 9.95. The number of benzene rings is 2. The number of rotatable bonds is 5. The van der Waals surface area contributed by atoms with Crippen LogP contribution in [0.15, 0.2) is 53.1 Å². The van der Waals surface area contributed by atoms with Crippen LogP contribution < -0.4 is 9.64 Å². The standard InChI is InChI=1S/C23H24FN3O3/c1-16-22(17(2)30-25-16)15-29-21-5-3-4-18(14-21)23(28)27-12-10-26(11-13-27)20-8-6-19(24)7-9-20/h3-9,14H,10-13,15H2,1-2H3. The van der Waals surface area contributed by atoms with Gasteiger partial charge in [0.25, 0.3) is 5.91 Å². The van der Waals surface area contributed by atoms with Crippen molar-refractivity contribution in [3.8, 4) is 5.75 Å². The van der Waals surface area contributed by atoms with Crippen LogP contribution in [-0.2, 0) is 6.61 Å². The van der Waals surface area contributed by atoms with E-state index in [2.05, 4.69) is 10.1 Å². The fourth-order valence-electron chi connectivity index (χ4n) is 3.58. The van der Waals surface area contributed by atoms with Crippen LogP contribution in [0.1, 0.15) is 27.4 Å². The molecule has 0 N–H and O–H groups in total. The average molecular weight is 409 g/mol. The van der Waals surface area contributed by atoms with Gasteiger partial charge in [-0.15, -0.1) is 0 Å². The number of amides is 1. The number of ether oxygens (including phenoxy) is 1. The highest BCUT2D eigenvalue weighted by atomic mass is 19.1. The van der Waals surface area contributed by atoms with Crippen molar-refractivity contribution in [1.82, 2.24) is 10.1 Å². The van der Waals surface area contributed by atoms with E-state index in [0.717, 1.165) is 22.7 Å². The smallest absolute Gasteiger partial charge is 0.254 e. The normalized spacial score (nSPS) is 14.1. The molecule has 156 valence electrons. The van der Waals surface area contributed by atoms with Gasteiger partial charge in [-0.05, 0) is 56.3 Å². The van der Waals surface area contributed by atoms with E-state index < -0.39 is 0 Å². The lowest BCUT2D eigenvalue weighted by molar-refractivity contribution is 0.0746. The van der Waals surface area contributed by atoms with Crippen LogP contribution in [0.25, 0.3) is 0 Å². The van der Waals surface area contributed by atoms with E-state index in [-0.39, 0.29) is 11.7 Å². The van der Waals surface area contributed by atoms with E-state index in [0.29, 0.717) is 44.1 Å². The minimum Gasteiger partial charge on any atom is -0.489 e. The second-order valence-corrected chi connectivity index (χ2v) is 7.37. The molecule has 0 saturated carbocycles. The van der Waals surface area contributed by atoms with Crippen molar-refractivity contribution in [3.63, 3.8) is 0 Å². The Hall–Kier alpha value is -3.35. The second kappa shape index (κ2) is 8.57. The fraction of sp³-hybridized carbons (Fsp3) is 0.304. The molecular weight excluding hydrogens is 385 g/mol. The predicted octanol–water partition coefficient (Wildman–Crippen LogP) is 3.97. The molecular formula is C23H24FN3O3. The Labute approximate surface area is 174 Å². The summed E-state index contributed by atoms with van der Waals surface area (Å²) in [5.74, 6) is 1.10. The molecule has 1 aliphatic heterocycles. The van der Waals surface area contributed by atoms with Crippen molar-refractivity contribution >= 4 is 11.6 Å². The van der Waals surface area contributed by atoms with Crippen LogP contribution in [0.3, 0.4) is 0 Å². The number of piperazine rings is 1. The maximum absolute atomic E-state index is 13.1. The Morgan fingerprint density at radius 1 is 1.10 bits per heavy atom. The van der Waals surface area contributed by atoms with E-state index >= 15 is 0 Å². The summed E-state index contributed by atoms with van der Waals surface area (Å²) in [6.07, 6.45) is 0. The highest BCUT2D eigenvalue weighted by molar-refractivity contribution is 5.94. The molecule has 2 heterocycles. The first-order valence-electron chi connectivity index (χ1n) is 9.95. The molecule has 0 radical (unpaired) electrons. The molecule has 3 aromatic rings. The molecule has 1 amide bonds. The first-order chi connectivity index (χ1) is 14.5. The van der Waals surface area contributed by atoms with E-state index in [9.17, 15) is 9.18 Å². The zero-order valence-electron chi connectivity index (χ0n) is 17.1. The van der Waals surface area contributed by atoms with Gasteiger partial charge in [0.15, 0.2) is 0 Å². The maximum atomic E-state index is 13.1. The molecule has 1 aliphatic rings. The van der Waals surface area contributed by atoms with Crippen molar-refractivity contribution in [3.05, 3.63) is 76.9 Å². The topological polar surface area (TPSA) is 58.8 Å².